The van der Waals surface area contributed by atoms with E-state index in [1.807, 2.05) is 19.2 Å². The minimum atomic E-state index is 0.534. The van der Waals surface area contributed by atoms with Gasteiger partial charge < -0.3 is 5.32 Å². The van der Waals surface area contributed by atoms with Gasteiger partial charge in [0.1, 0.15) is 0 Å². The normalized spacial score (nSPS) is 12.6. The molecular weight excluding hydrogens is 148 g/mol. The molecule has 1 heterocycles. The van der Waals surface area contributed by atoms with Crippen LogP contribution in [0, 0.1) is 6.92 Å². The second-order valence-corrected chi connectivity index (χ2v) is 3.14. The minimum Gasteiger partial charge on any atom is -0.383 e. The molecule has 2 heteroatoms. The van der Waals surface area contributed by atoms with Crippen LogP contribution in [0.5, 0.6) is 0 Å². The molecule has 0 fully saturated rings. The Balaban J connectivity index is 2.63. The predicted octanol–water partition coefficient (Wildman–Crippen LogP) is 2.60. The van der Waals surface area contributed by atoms with Gasteiger partial charge in [0.05, 0.1) is 0 Å². The Morgan fingerprint density at radius 1 is 1.58 bits per heavy atom. The molecule has 0 saturated heterocycles. The number of rotatable bonds is 3. The van der Waals surface area contributed by atoms with Crippen molar-refractivity contribution >= 4 is 5.69 Å². The van der Waals surface area contributed by atoms with Gasteiger partial charge in [0.15, 0.2) is 0 Å². The molecular formula is C10H16N2. The van der Waals surface area contributed by atoms with Crippen LogP contribution in [-0.4, -0.2) is 11.0 Å². The van der Waals surface area contributed by atoms with Crippen LogP contribution in [-0.2, 0) is 0 Å². The van der Waals surface area contributed by atoms with Crippen molar-refractivity contribution in [2.24, 2.45) is 0 Å². The third-order valence-corrected chi connectivity index (χ3v) is 1.92. The topological polar surface area (TPSA) is 24.9 Å². The van der Waals surface area contributed by atoms with Crippen molar-refractivity contribution in [2.45, 2.75) is 33.2 Å². The van der Waals surface area contributed by atoms with Gasteiger partial charge in [0.25, 0.3) is 0 Å². The lowest BCUT2D eigenvalue weighted by atomic mass is 10.2. The number of pyridine rings is 1. The first-order valence-corrected chi connectivity index (χ1v) is 4.41. The Hall–Kier alpha value is -1.05. The van der Waals surface area contributed by atoms with Crippen molar-refractivity contribution in [1.29, 1.82) is 0 Å². The zero-order valence-electron chi connectivity index (χ0n) is 7.96. The van der Waals surface area contributed by atoms with Gasteiger partial charge in [-0.05, 0) is 32.4 Å². The third-order valence-electron chi connectivity index (χ3n) is 1.92. The number of hydrogen-bond acceptors (Lipinski definition) is 2. The molecule has 0 aromatic carbocycles. The first-order valence-electron chi connectivity index (χ1n) is 4.41. The van der Waals surface area contributed by atoms with Gasteiger partial charge in [-0.2, -0.15) is 0 Å². The number of anilines is 1. The monoisotopic (exact) mass is 164 g/mol. The third kappa shape index (κ3) is 2.53. The quantitative estimate of drug-likeness (QED) is 0.742. The standard InChI is InChI=1S/C10H16N2/c1-4-8(2)12-10-5-6-11-9(3)7-10/h5-8H,4H2,1-3H3,(H,11,12). The van der Waals surface area contributed by atoms with E-state index in [4.69, 9.17) is 0 Å². The lowest BCUT2D eigenvalue weighted by Crippen LogP contribution is -2.13. The Labute approximate surface area is 74.0 Å². The first-order chi connectivity index (χ1) is 5.72. The van der Waals surface area contributed by atoms with Crippen LogP contribution in [0.4, 0.5) is 5.69 Å². The molecule has 1 rings (SSSR count). The fourth-order valence-corrected chi connectivity index (χ4v) is 1.02. The summed E-state index contributed by atoms with van der Waals surface area (Å²) in [6.45, 7) is 6.35. The molecule has 0 radical (unpaired) electrons. The van der Waals surface area contributed by atoms with Gasteiger partial charge in [-0.3, -0.25) is 4.98 Å². The van der Waals surface area contributed by atoms with Crippen LogP contribution < -0.4 is 5.32 Å². The molecule has 1 N–H and O–H groups in total. The van der Waals surface area contributed by atoms with E-state index in [0.717, 1.165) is 17.8 Å². The second-order valence-electron chi connectivity index (χ2n) is 3.14. The fraction of sp³-hybridized carbons (Fsp3) is 0.500. The molecule has 0 bridgehead atoms. The van der Waals surface area contributed by atoms with Gasteiger partial charge >= 0.3 is 0 Å². The molecule has 0 aliphatic rings. The smallest absolute Gasteiger partial charge is 0.0393 e. The maximum absolute atomic E-state index is 4.13. The molecule has 0 aliphatic carbocycles. The minimum absolute atomic E-state index is 0.534. The summed E-state index contributed by atoms with van der Waals surface area (Å²) in [6.07, 6.45) is 2.97. The van der Waals surface area contributed by atoms with Gasteiger partial charge in [-0.15, -0.1) is 0 Å². The van der Waals surface area contributed by atoms with E-state index < -0.39 is 0 Å². The van der Waals surface area contributed by atoms with Gasteiger partial charge in [-0.1, -0.05) is 6.92 Å². The molecule has 1 unspecified atom stereocenters. The van der Waals surface area contributed by atoms with Gasteiger partial charge in [0.2, 0.25) is 0 Å². The van der Waals surface area contributed by atoms with Crippen molar-refractivity contribution in [3.63, 3.8) is 0 Å². The van der Waals surface area contributed by atoms with Crippen LogP contribution in [0.25, 0.3) is 0 Å². The SMILES string of the molecule is CCC(C)Nc1ccnc(C)c1. The average Bonchev–Trinajstić information content (AvgIpc) is 2.04. The molecule has 12 heavy (non-hydrogen) atoms. The van der Waals surface area contributed by atoms with Crippen molar-refractivity contribution in [3.8, 4) is 0 Å². The highest BCUT2D eigenvalue weighted by Gasteiger charge is 1.97. The van der Waals surface area contributed by atoms with Crippen molar-refractivity contribution < 1.29 is 0 Å². The summed E-state index contributed by atoms with van der Waals surface area (Å²) in [5.74, 6) is 0. The van der Waals surface area contributed by atoms with Gasteiger partial charge in [0, 0.05) is 23.6 Å². The van der Waals surface area contributed by atoms with Crippen molar-refractivity contribution in [3.05, 3.63) is 24.0 Å². The molecule has 2 nitrogen and oxygen atoms in total. The summed E-state index contributed by atoms with van der Waals surface area (Å²) < 4.78 is 0. The average molecular weight is 164 g/mol. The van der Waals surface area contributed by atoms with Crippen LogP contribution >= 0.6 is 0 Å². The Kier molecular flexibility index (Phi) is 3.09. The zero-order chi connectivity index (χ0) is 8.97. The Morgan fingerprint density at radius 3 is 2.92 bits per heavy atom. The summed E-state index contributed by atoms with van der Waals surface area (Å²) >= 11 is 0. The van der Waals surface area contributed by atoms with Crippen molar-refractivity contribution in [1.82, 2.24) is 4.98 Å². The Morgan fingerprint density at radius 2 is 2.33 bits per heavy atom. The van der Waals surface area contributed by atoms with E-state index in [1.54, 1.807) is 0 Å². The van der Waals surface area contributed by atoms with E-state index in [1.165, 1.54) is 0 Å². The number of aryl methyl sites for hydroxylation is 1. The number of aromatic nitrogens is 1. The lowest BCUT2D eigenvalue weighted by molar-refractivity contribution is 0.763. The highest BCUT2D eigenvalue weighted by Crippen LogP contribution is 2.09. The maximum atomic E-state index is 4.13. The number of hydrogen-bond donors (Lipinski definition) is 1. The molecule has 1 aromatic heterocycles. The molecule has 0 saturated carbocycles. The van der Waals surface area contributed by atoms with E-state index >= 15 is 0 Å². The van der Waals surface area contributed by atoms with Crippen LogP contribution in [0.3, 0.4) is 0 Å². The predicted molar refractivity (Wildman–Crippen MR) is 52.3 cm³/mol. The highest BCUT2D eigenvalue weighted by atomic mass is 14.9. The maximum Gasteiger partial charge on any atom is 0.0393 e. The number of nitrogens with one attached hydrogen (secondary N) is 1. The summed E-state index contributed by atoms with van der Waals surface area (Å²) in [7, 11) is 0. The van der Waals surface area contributed by atoms with E-state index in [9.17, 15) is 0 Å². The summed E-state index contributed by atoms with van der Waals surface area (Å²) in [5.41, 5.74) is 2.22. The molecule has 66 valence electrons. The van der Waals surface area contributed by atoms with E-state index in [2.05, 4.69) is 30.2 Å². The number of nitrogens with zero attached hydrogens (tertiary/aromatic N) is 1. The molecule has 0 aliphatic heterocycles. The first kappa shape index (κ1) is 9.04. The Bertz CT molecular complexity index is 245. The molecule has 1 atom stereocenters. The summed E-state index contributed by atoms with van der Waals surface area (Å²) in [5, 5.41) is 3.39. The van der Waals surface area contributed by atoms with Crippen LogP contribution in [0.1, 0.15) is 26.0 Å². The van der Waals surface area contributed by atoms with Crippen molar-refractivity contribution in [2.75, 3.05) is 5.32 Å². The van der Waals surface area contributed by atoms with E-state index in [-0.39, 0.29) is 0 Å². The van der Waals surface area contributed by atoms with Crippen LogP contribution in [0.15, 0.2) is 18.3 Å². The highest BCUT2D eigenvalue weighted by molar-refractivity contribution is 5.43. The summed E-state index contributed by atoms with van der Waals surface area (Å²) in [6, 6.07) is 4.59. The molecule has 1 aromatic rings. The summed E-state index contributed by atoms with van der Waals surface area (Å²) in [4.78, 5) is 4.13. The van der Waals surface area contributed by atoms with E-state index in [0.29, 0.717) is 6.04 Å². The fourth-order valence-electron chi connectivity index (χ4n) is 1.02. The zero-order valence-corrected chi connectivity index (χ0v) is 7.96. The van der Waals surface area contributed by atoms with Gasteiger partial charge in [-0.25, -0.2) is 0 Å². The largest absolute Gasteiger partial charge is 0.383 e. The second kappa shape index (κ2) is 4.10. The lowest BCUT2D eigenvalue weighted by Gasteiger charge is -2.12. The molecule has 0 spiro atoms. The molecule has 0 amide bonds. The van der Waals surface area contributed by atoms with Crippen LogP contribution in [0.2, 0.25) is 0 Å².